The largest absolute Gasteiger partial charge is 0.395 e. The molecule has 0 aliphatic carbocycles. The number of hydrogen-bond donors (Lipinski definition) is 2. The van der Waals surface area contributed by atoms with E-state index in [9.17, 15) is 0 Å². The number of aromatic nitrogens is 1. The minimum atomic E-state index is 0.188. The standard InChI is InChI=1S/C12H21N3O/c1-10(2)15(5-6-16)9-11-3-4-14-12(7-11)8-13/h3-4,7,10,16H,5-6,8-9,13H2,1-2H3. The van der Waals surface area contributed by atoms with Crippen LogP contribution in [-0.2, 0) is 13.1 Å². The molecule has 0 radical (unpaired) electrons. The van der Waals surface area contributed by atoms with E-state index in [0.717, 1.165) is 12.2 Å². The van der Waals surface area contributed by atoms with Crippen molar-refractivity contribution < 1.29 is 5.11 Å². The highest BCUT2D eigenvalue weighted by Crippen LogP contribution is 2.08. The van der Waals surface area contributed by atoms with Crippen molar-refractivity contribution in [3.8, 4) is 0 Å². The van der Waals surface area contributed by atoms with Crippen molar-refractivity contribution in [2.24, 2.45) is 5.73 Å². The molecular formula is C12H21N3O. The third-order valence-electron chi connectivity index (χ3n) is 2.59. The van der Waals surface area contributed by atoms with Crippen LogP contribution in [0.4, 0.5) is 0 Å². The fourth-order valence-electron chi connectivity index (χ4n) is 1.62. The van der Waals surface area contributed by atoms with Gasteiger partial charge < -0.3 is 10.8 Å². The Morgan fingerprint density at radius 1 is 1.50 bits per heavy atom. The van der Waals surface area contributed by atoms with E-state index in [1.54, 1.807) is 6.20 Å². The van der Waals surface area contributed by atoms with Gasteiger partial charge in [-0.05, 0) is 31.5 Å². The molecule has 90 valence electrons. The van der Waals surface area contributed by atoms with Gasteiger partial charge in [0.1, 0.15) is 0 Å². The number of nitrogens with two attached hydrogens (primary N) is 1. The quantitative estimate of drug-likeness (QED) is 0.747. The molecule has 0 fully saturated rings. The maximum Gasteiger partial charge on any atom is 0.0558 e. The lowest BCUT2D eigenvalue weighted by atomic mass is 10.2. The highest BCUT2D eigenvalue weighted by atomic mass is 16.3. The molecule has 1 aromatic rings. The molecule has 0 aromatic carbocycles. The lowest BCUT2D eigenvalue weighted by Crippen LogP contribution is -2.32. The Morgan fingerprint density at radius 2 is 2.25 bits per heavy atom. The molecule has 0 saturated carbocycles. The molecule has 1 heterocycles. The summed E-state index contributed by atoms with van der Waals surface area (Å²) < 4.78 is 0. The number of aliphatic hydroxyl groups excluding tert-OH is 1. The molecule has 3 N–H and O–H groups in total. The first-order chi connectivity index (χ1) is 7.67. The van der Waals surface area contributed by atoms with Crippen LogP contribution in [0.5, 0.6) is 0 Å². The fourth-order valence-corrected chi connectivity index (χ4v) is 1.62. The van der Waals surface area contributed by atoms with E-state index in [4.69, 9.17) is 10.8 Å². The second-order valence-electron chi connectivity index (χ2n) is 4.15. The van der Waals surface area contributed by atoms with Gasteiger partial charge in [0.2, 0.25) is 0 Å². The van der Waals surface area contributed by atoms with Crippen molar-refractivity contribution in [1.29, 1.82) is 0 Å². The van der Waals surface area contributed by atoms with Gasteiger partial charge in [-0.2, -0.15) is 0 Å². The number of pyridine rings is 1. The van der Waals surface area contributed by atoms with Crippen LogP contribution in [0, 0.1) is 0 Å². The van der Waals surface area contributed by atoms with Crippen molar-refractivity contribution in [2.45, 2.75) is 33.0 Å². The highest BCUT2D eigenvalue weighted by Gasteiger charge is 2.09. The van der Waals surface area contributed by atoms with E-state index >= 15 is 0 Å². The van der Waals surface area contributed by atoms with E-state index in [1.807, 2.05) is 12.1 Å². The summed E-state index contributed by atoms with van der Waals surface area (Å²) in [5, 5.41) is 8.99. The maximum atomic E-state index is 8.99. The SMILES string of the molecule is CC(C)N(CCO)Cc1ccnc(CN)c1. The minimum Gasteiger partial charge on any atom is -0.395 e. The zero-order valence-electron chi connectivity index (χ0n) is 10.1. The molecule has 4 heteroatoms. The molecule has 0 amide bonds. The predicted molar refractivity (Wildman–Crippen MR) is 64.8 cm³/mol. The van der Waals surface area contributed by atoms with Crippen molar-refractivity contribution in [1.82, 2.24) is 9.88 Å². The van der Waals surface area contributed by atoms with E-state index < -0.39 is 0 Å². The fraction of sp³-hybridized carbons (Fsp3) is 0.583. The number of rotatable bonds is 6. The van der Waals surface area contributed by atoms with Crippen LogP contribution in [0.25, 0.3) is 0 Å². The molecule has 0 aliphatic rings. The van der Waals surface area contributed by atoms with Crippen LogP contribution in [-0.4, -0.2) is 34.2 Å². The monoisotopic (exact) mass is 223 g/mol. The average Bonchev–Trinajstić information content (AvgIpc) is 2.28. The van der Waals surface area contributed by atoms with Crippen LogP contribution in [0.1, 0.15) is 25.1 Å². The second-order valence-corrected chi connectivity index (χ2v) is 4.15. The Kier molecular flexibility index (Phi) is 5.38. The molecule has 1 aromatic heterocycles. The summed E-state index contributed by atoms with van der Waals surface area (Å²) in [6.45, 7) is 6.43. The Balaban J connectivity index is 2.68. The molecule has 4 nitrogen and oxygen atoms in total. The maximum absolute atomic E-state index is 8.99. The lowest BCUT2D eigenvalue weighted by molar-refractivity contribution is 0.159. The van der Waals surface area contributed by atoms with Crippen LogP contribution in [0.2, 0.25) is 0 Å². The summed E-state index contributed by atoms with van der Waals surface area (Å²) in [5.41, 5.74) is 7.65. The van der Waals surface area contributed by atoms with E-state index in [1.165, 1.54) is 5.56 Å². The first-order valence-corrected chi connectivity index (χ1v) is 5.66. The summed E-state index contributed by atoms with van der Waals surface area (Å²) in [4.78, 5) is 6.38. The Hall–Kier alpha value is -0.970. The second kappa shape index (κ2) is 6.58. The van der Waals surface area contributed by atoms with E-state index in [0.29, 0.717) is 19.1 Å². The van der Waals surface area contributed by atoms with Gasteiger partial charge in [0.25, 0.3) is 0 Å². The average molecular weight is 223 g/mol. The van der Waals surface area contributed by atoms with Gasteiger partial charge in [-0.25, -0.2) is 0 Å². The third-order valence-corrected chi connectivity index (χ3v) is 2.59. The Labute approximate surface area is 97.1 Å². The number of aliphatic hydroxyl groups is 1. The zero-order valence-corrected chi connectivity index (χ0v) is 10.1. The summed E-state index contributed by atoms with van der Waals surface area (Å²) >= 11 is 0. The zero-order chi connectivity index (χ0) is 12.0. The molecule has 0 atom stereocenters. The Morgan fingerprint density at radius 3 is 2.81 bits per heavy atom. The summed E-state index contributed by atoms with van der Waals surface area (Å²) in [7, 11) is 0. The highest BCUT2D eigenvalue weighted by molar-refractivity contribution is 5.16. The first kappa shape index (κ1) is 13.1. The van der Waals surface area contributed by atoms with Crippen LogP contribution in [0.3, 0.4) is 0 Å². The molecule has 16 heavy (non-hydrogen) atoms. The molecular weight excluding hydrogens is 202 g/mol. The Bertz CT molecular complexity index is 315. The van der Waals surface area contributed by atoms with Gasteiger partial charge in [-0.1, -0.05) is 0 Å². The van der Waals surface area contributed by atoms with Gasteiger partial charge in [-0.3, -0.25) is 9.88 Å². The van der Waals surface area contributed by atoms with Gasteiger partial charge >= 0.3 is 0 Å². The topological polar surface area (TPSA) is 62.4 Å². The van der Waals surface area contributed by atoms with E-state index in [-0.39, 0.29) is 6.61 Å². The van der Waals surface area contributed by atoms with Crippen molar-refractivity contribution in [2.75, 3.05) is 13.2 Å². The molecule has 1 rings (SSSR count). The smallest absolute Gasteiger partial charge is 0.0558 e. The molecule has 0 bridgehead atoms. The minimum absolute atomic E-state index is 0.188. The van der Waals surface area contributed by atoms with Gasteiger partial charge in [0.15, 0.2) is 0 Å². The summed E-state index contributed by atoms with van der Waals surface area (Å²) in [5.74, 6) is 0. The third kappa shape index (κ3) is 3.89. The molecule has 0 unspecified atom stereocenters. The molecule has 0 saturated heterocycles. The number of hydrogen-bond acceptors (Lipinski definition) is 4. The van der Waals surface area contributed by atoms with Gasteiger partial charge in [0, 0.05) is 31.9 Å². The summed E-state index contributed by atoms with van der Waals surface area (Å²) in [6.07, 6.45) is 1.79. The van der Waals surface area contributed by atoms with E-state index in [2.05, 4.69) is 23.7 Å². The molecule has 0 aliphatic heterocycles. The first-order valence-electron chi connectivity index (χ1n) is 5.66. The van der Waals surface area contributed by atoms with Crippen LogP contribution in [0.15, 0.2) is 18.3 Å². The van der Waals surface area contributed by atoms with Crippen LogP contribution >= 0.6 is 0 Å². The molecule has 0 spiro atoms. The van der Waals surface area contributed by atoms with Crippen molar-refractivity contribution in [3.05, 3.63) is 29.6 Å². The number of nitrogens with zero attached hydrogens (tertiary/aromatic N) is 2. The van der Waals surface area contributed by atoms with Gasteiger partial charge in [-0.15, -0.1) is 0 Å². The van der Waals surface area contributed by atoms with Crippen molar-refractivity contribution >= 4 is 0 Å². The summed E-state index contributed by atoms with van der Waals surface area (Å²) in [6, 6.07) is 4.43. The van der Waals surface area contributed by atoms with Crippen LogP contribution < -0.4 is 5.73 Å². The predicted octanol–water partition coefficient (Wildman–Crippen LogP) is 0.743. The normalized spacial score (nSPS) is 11.4. The lowest BCUT2D eigenvalue weighted by Gasteiger charge is -2.25. The van der Waals surface area contributed by atoms with Crippen molar-refractivity contribution in [3.63, 3.8) is 0 Å². The van der Waals surface area contributed by atoms with Gasteiger partial charge in [0.05, 0.1) is 12.3 Å².